The maximum Gasteiger partial charge on any atom is 0.230 e. The lowest BCUT2D eigenvalue weighted by Gasteiger charge is -2.05. The van der Waals surface area contributed by atoms with Crippen LogP contribution < -0.4 is 5.73 Å². The zero-order valence-corrected chi connectivity index (χ0v) is 11.7. The van der Waals surface area contributed by atoms with Gasteiger partial charge in [0.05, 0.1) is 11.9 Å². The standard InChI is InChI=1S/C15H16N4O/c1-9-4-5-11(6-10(9)2)13-14(18-20-15(13)16)12-7-19(3)8-17-12/h4-8H,16H2,1-3H3. The summed E-state index contributed by atoms with van der Waals surface area (Å²) in [5.74, 6) is 0.314. The summed E-state index contributed by atoms with van der Waals surface area (Å²) in [6.07, 6.45) is 3.62. The number of imidazole rings is 1. The number of aryl methyl sites for hydroxylation is 3. The van der Waals surface area contributed by atoms with Crippen LogP contribution in [0.3, 0.4) is 0 Å². The van der Waals surface area contributed by atoms with Crippen molar-refractivity contribution >= 4 is 5.88 Å². The molecule has 0 fully saturated rings. The first kappa shape index (κ1) is 12.5. The Morgan fingerprint density at radius 2 is 2.00 bits per heavy atom. The minimum absolute atomic E-state index is 0.314. The van der Waals surface area contributed by atoms with Crippen LogP contribution in [0.15, 0.2) is 35.2 Å². The predicted octanol–water partition coefficient (Wildman–Crippen LogP) is 2.94. The first-order chi connectivity index (χ1) is 9.56. The van der Waals surface area contributed by atoms with Crippen molar-refractivity contribution in [1.29, 1.82) is 0 Å². The lowest BCUT2D eigenvalue weighted by molar-refractivity contribution is 0.439. The van der Waals surface area contributed by atoms with E-state index in [4.69, 9.17) is 10.3 Å². The van der Waals surface area contributed by atoms with Gasteiger partial charge in [-0.05, 0) is 30.5 Å². The van der Waals surface area contributed by atoms with Crippen molar-refractivity contribution in [3.63, 3.8) is 0 Å². The highest BCUT2D eigenvalue weighted by molar-refractivity contribution is 5.85. The Bertz CT molecular complexity index is 770. The van der Waals surface area contributed by atoms with E-state index in [2.05, 4.69) is 36.1 Å². The van der Waals surface area contributed by atoms with E-state index in [0.29, 0.717) is 11.6 Å². The van der Waals surface area contributed by atoms with E-state index in [1.807, 2.05) is 23.9 Å². The monoisotopic (exact) mass is 268 g/mol. The van der Waals surface area contributed by atoms with Crippen LogP contribution in [-0.2, 0) is 7.05 Å². The van der Waals surface area contributed by atoms with Gasteiger partial charge in [0, 0.05) is 13.2 Å². The molecule has 0 unspecified atom stereocenters. The number of benzene rings is 1. The fraction of sp³-hybridized carbons (Fsp3) is 0.200. The molecule has 5 nitrogen and oxygen atoms in total. The summed E-state index contributed by atoms with van der Waals surface area (Å²) in [5.41, 5.74) is 11.6. The normalized spacial score (nSPS) is 10.9. The van der Waals surface area contributed by atoms with E-state index in [-0.39, 0.29) is 0 Å². The highest BCUT2D eigenvalue weighted by Crippen LogP contribution is 2.36. The molecule has 2 heterocycles. The minimum atomic E-state index is 0.314. The van der Waals surface area contributed by atoms with Gasteiger partial charge in [0.2, 0.25) is 5.88 Å². The molecule has 2 aromatic heterocycles. The van der Waals surface area contributed by atoms with Crippen molar-refractivity contribution in [2.24, 2.45) is 7.05 Å². The number of hydrogen-bond donors (Lipinski definition) is 1. The maximum absolute atomic E-state index is 5.94. The summed E-state index contributed by atoms with van der Waals surface area (Å²) in [4.78, 5) is 4.31. The van der Waals surface area contributed by atoms with E-state index in [1.54, 1.807) is 6.33 Å². The van der Waals surface area contributed by atoms with Gasteiger partial charge < -0.3 is 14.8 Å². The molecule has 20 heavy (non-hydrogen) atoms. The molecule has 3 rings (SSSR count). The Morgan fingerprint density at radius 1 is 1.20 bits per heavy atom. The molecule has 0 saturated heterocycles. The van der Waals surface area contributed by atoms with E-state index in [9.17, 15) is 0 Å². The number of nitrogen functional groups attached to an aromatic ring is 1. The van der Waals surface area contributed by atoms with Gasteiger partial charge in [-0.1, -0.05) is 23.4 Å². The second-order valence-electron chi connectivity index (χ2n) is 4.99. The molecule has 3 aromatic rings. The Labute approximate surface area is 117 Å². The van der Waals surface area contributed by atoms with E-state index in [0.717, 1.165) is 16.8 Å². The predicted molar refractivity (Wildman–Crippen MR) is 78.0 cm³/mol. The quantitative estimate of drug-likeness (QED) is 0.775. The van der Waals surface area contributed by atoms with Gasteiger partial charge in [-0.25, -0.2) is 4.98 Å². The molecular formula is C15H16N4O. The van der Waals surface area contributed by atoms with Gasteiger partial charge >= 0.3 is 0 Å². The Kier molecular flexibility index (Phi) is 2.82. The number of aromatic nitrogens is 3. The molecule has 0 bridgehead atoms. The van der Waals surface area contributed by atoms with Gasteiger partial charge in [0.1, 0.15) is 11.4 Å². The molecule has 0 atom stereocenters. The zero-order chi connectivity index (χ0) is 14.3. The molecule has 5 heteroatoms. The Morgan fingerprint density at radius 3 is 2.65 bits per heavy atom. The largest absolute Gasteiger partial charge is 0.367 e. The summed E-state index contributed by atoms with van der Waals surface area (Å²) in [7, 11) is 1.91. The summed E-state index contributed by atoms with van der Waals surface area (Å²) in [5, 5.41) is 4.05. The van der Waals surface area contributed by atoms with Gasteiger partial charge in [0.25, 0.3) is 0 Å². The highest BCUT2D eigenvalue weighted by Gasteiger charge is 2.19. The SMILES string of the molecule is Cc1ccc(-c2c(-c3cn(C)cn3)noc2N)cc1C. The van der Waals surface area contributed by atoms with Gasteiger partial charge in [0.15, 0.2) is 0 Å². The van der Waals surface area contributed by atoms with Crippen LogP contribution in [0.4, 0.5) is 5.88 Å². The molecule has 1 aromatic carbocycles. The second kappa shape index (κ2) is 4.52. The van der Waals surface area contributed by atoms with Crippen molar-refractivity contribution in [3.05, 3.63) is 41.9 Å². The number of nitrogens with zero attached hydrogens (tertiary/aromatic N) is 3. The molecule has 0 aliphatic heterocycles. The van der Waals surface area contributed by atoms with Crippen LogP contribution >= 0.6 is 0 Å². The topological polar surface area (TPSA) is 69.9 Å². The molecule has 0 saturated carbocycles. The third-order valence-electron chi connectivity index (χ3n) is 3.46. The molecule has 2 N–H and O–H groups in total. The molecule has 0 amide bonds. The minimum Gasteiger partial charge on any atom is -0.367 e. The van der Waals surface area contributed by atoms with Crippen LogP contribution in [0.5, 0.6) is 0 Å². The van der Waals surface area contributed by atoms with Crippen LogP contribution in [-0.4, -0.2) is 14.7 Å². The summed E-state index contributed by atoms with van der Waals surface area (Å²) < 4.78 is 7.03. The zero-order valence-electron chi connectivity index (χ0n) is 11.7. The van der Waals surface area contributed by atoms with Crippen LogP contribution in [0.1, 0.15) is 11.1 Å². The Balaban J connectivity index is 2.18. The van der Waals surface area contributed by atoms with Crippen LogP contribution in [0, 0.1) is 13.8 Å². The highest BCUT2D eigenvalue weighted by atomic mass is 16.5. The first-order valence-corrected chi connectivity index (χ1v) is 6.37. The van der Waals surface area contributed by atoms with Crippen molar-refractivity contribution in [1.82, 2.24) is 14.7 Å². The smallest absolute Gasteiger partial charge is 0.230 e. The summed E-state index contributed by atoms with van der Waals surface area (Å²) in [6.45, 7) is 4.15. The number of rotatable bonds is 2. The molecule has 0 spiro atoms. The lowest BCUT2D eigenvalue weighted by Crippen LogP contribution is -1.90. The van der Waals surface area contributed by atoms with E-state index >= 15 is 0 Å². The van der Waals surface area contributed by atoms with Crippen molar-refractivity contribution in [2.75, 3.05) is 5.73 Å². The van der Waals surface area contributed by atoms with Gasteiger partial charge in [-0.15, -0.1) is 0 Å². The molecule has 0 aliphatic carbocycles. The van der Waals surface area contributed by atoms with E-state index < -0.39 is 0 Å². The van der Waals surface area contributed by atoms with Crippen molar-refractivity contribution < 1.29 is 4.52 Å². The number of hydrogen-bond acceptors (Lipinski definition) is 4. The Hall–Kier alpha value is -2.56. The van der Waals surface area contributed by atoms with Gasteiger partial charge in [-0.2, -0.15) is 0 Å². The average molecular weight is 268 g/mol. The summed E-state index contributed by atoms with van der Waals surface area (Å²) >= 11 is 0. The number of anilines is 1. The maximum atomic E-state index is 5.94. The van der Waals surface area contributed by atoms with Crippen molar-refractivity contribution in [2.45, 2.75) is 13.8 Å². The molecule has 0 aliphatic rings. The van der Waals surface area contributed by atoms with Crippen LogP contribution in [0.25, 0.3) is 22.5 Å². The third-order valence-corrected chi connectivity index (χ3v) is 3.46. The van der Waals surface area contributed by atoms with Crippen molar-refractivity contribution in [3.8, 4) is 22.5 Å². The first-order valence-electron chi connectivity index (χ1n) is 6.37. The van der Waals surface area contributed by atoms with E-state index in [1.165, 1.54) is 11.1 Å². The van der Waals surface area contributed by atoms with Crippen LogP contribution in [0.2, 0.25) is 0 Å². The third kappa shape index (κ3) is 1.97. The number of nitrogens with two attached hydrogens (primary N) is 1. The van der Waals surface area contributed by atoms with Gasteiger partial charge in [-0.3, -0.25) is 0 Å². The molecule has 0 radical (unpaired) electrons. The fourth-order valence-electron chi connectivity index (χ4n) is 2.19. The lowest BCUT2D eigenvalue weighted by atomic mass is 9.99. The average Bonchev–Trinajstić information content (AvgIpc) is 2.99. The summed E-state index contributed by atoms with van der Waals surface area (Å²) in [6, 6.07) is 6.18. The molecular weight excluding hydrogens is 252 g/mol. The fourth-order valence-corrected chi connectivity index (χ4v) is 2.19. The molecule has 102 valence electrons. The second-order valence-corrected chi connectivity index (χ2v) is 4.99.